The van der Waals surface area contributed by atoms with E-state index in [4.69, 9.17) is 0 Å². The molecule has 0 bridgehead atoms. The van der Waals surface area contributed by atoms with Gasteiger partial charge in [-0.15, -0.1) is 0 Å². The second-order valence-corrected chi connectivity index (χ2v) is 9.84. The summed E-state index contributed by atoms with van der Waals surface area (Å²) in [6.45, 7) is 6.40. The molecule has 152 valence electrons. The Kier molecular flexibility index (Phi) is 5.72. The Labute approximate surface area is 173 Å². The monoisotopic (exact) mass is 409 g/mol. The van der Waals surface area contributed by atoms with Crippen LogP contribution in [0.5, 0.6) is 0 Å². The molecule has 4 rings (SSSR count). The highest BCUT2D eigenvalue weighted by molar-refractivity contribution is 7.89. The number of nitrogens with one attached hydrogen (secondary N) is 2. The number of hydrogen-bond donors (Lipinski definition) is 2. The SMILES string of the molecule is Cc1ccc(S(=O)(=O)NC[C@H](c2cccc3ccccc23)[NH+]2CCCC2)c(C)c1. The molecule has 1 aliphatic heterocycles. The van der Waals surface area contributed by atoms with Crippen LogP contribution in [0.15, 0.2) is 65.6 Å². The van der Waals surface area contributed by atoms with E-state index >= 15 is 0 Å². The molecule has 0 unspecified atom stereocenters. The van der Waals surface area contributed by atoms with Gasteiger partial charge in [0.25, 0.3) is 0 Å². The van der Waals surface area contributed by atoms with E-state index in [1.165, 1.54) is 34.1 Å². The molecule has 5 heteroatoms. The summed E-state index contributed by atoms with van der Waals surface area (Å²) in [5.74, 6) is 0. The number of rotatable bonds is 6. The van der Waals surface area contributed by atoms with Gasteiger partial charge in [0.15, 0.2) is 0 Å². The Hall–Kier alpha value is -2.21. The summed E-state index contributed by atoms with van der Waals surface area (Å²) >= 11 is 0. The third-order valence-electron chi connectivity index (χ3n) is 6.03. The first-order chi connectivity index (χ1) is 14.0. The van der Waals surface area contributed by atoms with Gasteiger partial charge < -0.3 is 4.90 Å². The van der Waals surface area contributed by atoms with Gasteiger partial charge in [0.05, 0.1) is 24.5 Å². The molecule has 0 aromatic heterocycles. The number of hydrogen-bond acceptors (Lipinski definition) is 2. The quantitative estimate of drug-likeness (QED) is 0.657. The molecule has 0 saturated carbocycles. The van der Waals surface area contributed by atoms with Crippen molar-refractivity contribution in [2.75, 3.05) is 19.6 Å². The van der Waals surface area contributed by atoms with Crippen molar-refractivity contribution >= 4 is 20.8 Å². The number of sulfonamides is 1. The van der Waals surface area contributed by atoms with Gasteiger partial charge in [-0.05, 0) is 36.2 Å². The lowest BCUT2D eigenvalue weighted by atomic mass is 9.98. The Morgan fingerprint density at radius 2 is 1.69 bits per heavy atom. The molecular weight excluding hydrogens is 380 g/mol. The summed E-state index contributed by atoms with van der Waals surface area (Å²) in [5, 5.41) is 2.41. The number of benzene rings is 3. The summed E-state index contributed by atoms with van der Waals surface area (Å²) in [6.07, 6.45) is 2.39. The molecule has 1 heterocycles. The molecule has 1 aliphatic rings. The van der Waals surface area contributed by atoms with Crippen molar-refractivity contribution in [2.45, 2.75) is 37.6 Å². The molecule has 29 heavy (non-hydrogen) atoms. The van der Waals surface area contributed by atoms with E-state index in [0.29, 0.717) is 11.4 Å². The molecule has 1 saturated heterocycles. The van der Waals surface area contributed by atoms with Crippen molar-refractivity contribution in [1.29, 1.82) is 0 Å². The molecule has 2 N–H and O–H groups in total. The minimum atomic E-state index is -3.56. The Morgan fingerprint density at radius 1 is 0.966 bits per heavy atom. The predicted octanol–water partition coefficient (Wildman–Crippen LogP) is 3.15. The van der Waals surface area contributed by atoms with Crippen LogP contribution >= 0.6 is 0 Å². The summed E-state index contributed by atoms with van der Waals surface area (Å²) in [7, 11) is -3.56. The maximum absolute atomic E-state index is 13.1. The molecule has 0 aliphatic carbocycles. The average Bonchev–Trinajstić information content (AvgIpc) is 3.22. The zero-order chi connectivity index (χ0) is 20.4. The van der Waals surface area contributed by atoms with E-state index in [1.54, 1.807) is 6.07 Å². The fourth-order valence-electron chi connectivity index (χ4n) is 4.58. The highest BCUT2D eigenvalue weighted by Gasteiger charge is 2.30. The van der Waals surface area contributed by atoms with Crippen molar-refractivity contribution in [2.24, 2.45) is 0 Å². The second-order valence-electron chi connectivity index (χ2n) is 8.11. The third kappa shape index (κ3) is 4.22. The maximum Gasteiger partial charge on any atom is 0.241 e. The van der Waals surface area contributed by atoms with Crippen LogP contribution in [0.25, 0.3) is 10.8 Å². The molecule has 1 atom stereocenters. The standard InChI is InChI=1S/C24H28N2O2S/c1-18-12-13-24(19(2)16-18)29(27,28)25-17-23(26-14-5-6-15-26)22-11-7-9-20-8-3-4-10-21(20)22/h3-4,7-13,16,23,25H,5-6,14-15,17H2,1-2H3/p+1/t23-/m1/s1. The fourth-order valence-corrected chi connectivity index (χ4v) is 5.85. The zero-order valence-corrected chi connectivity index (χ0v) is 17.9. The van der Waals surface area contributed by atoms with Gasteiger partial charge in [-0.2, -0.15) is 0 Å². The first-order valence-corrected chi connectivity index (χ1v) is 11.8. The number of fused-ring (bicyclic) bond motifs is 1. The van der Waals surface area contributed by atoms with Crippen LogP contribution in [-0.4, -0.2) is 28.1 Å². The average molecular weight is 410 g/mol. The maximum atomic E-state index is 13.1. The van der Waals surface area contributed by atoms with E-state index in [2.05, 4.69) is 41.1 Å². The van der Waals surface area contributed by atoms with Gasteiger partial charge in [0.1, 0.15) is 6.04 Å². The minimum absolute atomic E-state index is 0.101. The molecular formula is C24H29N2O2S+. The van der Waals surface area contributed by atoms with Crippen molar-refractivity contribution in [1.82, 2.24) is 4.72 Å². The second kappa shape index (κ2) is 8.27. The van der Waals surface area contributed by atoms with E-state index in [-0.39, 0.29) is 6.04 Å². The van der Waals surface area contributed by atoms with Crippen LogP contribution in [0.1, 0.15) is 35.6 Å². The molecule has 4 nitrogen and oxygen atoms in total. The van der Waals surface area contributed by atoms with Crippen LogP contribution in [0, 0.1) is 13.8 Å². The van der Waals surface area contributed by atoms with Crippen LogP contribution in [-0.2, 0) is 10.0 Å². The molecule has 3 aromatic carbocycles. The van der Waals surface area contributed by atoms with E-state index < -0.39 is 10.0 Å². The number of aryl methyl sites for hydroxylation is 2. The summed E-state index contributed by atoms with van der Waals surface area (Å²) < 4.78 is 29.0. The Balaban J connectivity index is 1.66. The summed E-state index contributed by atoms with van der Waals surface area (Å²) in [6, 6.07) is 20.3. The molecule has 1 fully saturated rings. The fraction of sp³-hybridized carbons (Fsp3) is 0.333. The van der Waals surface area contributed by atoms with Crippen molar-refractivity contribution < 1.29 is 13.3 Å². The first-order valence-electron chi connectivity index (χ1n) is 10.3. The Bertz CT molecular complexity index is 1110. The van der Waals surface area contributed by atoms with E-state index in [0.717, 1.165) is 24.2 Å². The highest BCUT2D eigenvalue weighted by Crippen LogP contribution is 2.24. The van der Waals surface area contributed by atoms with Crippen LogP contribution < -0.4 is 9.62 Å². The Morgan fingerprint density at radius 3 is 2.45 bits per heavy atom. The van der Waals surface area contributed by atoms with Gasteiger partial charge in [-0.3, -0.25) is 0 Å². The van der Waals surface area contributed by atoms with Crippen LogP contribution in [0.3, 0.4) is 0 Å². The lowest BCUT2D eigenvalue weighted by molar-refractivity contribution is -0.918. The van der Waals surface area contributed by atoms with Gasteiger partial charge >= 0.3 is 0 Å². The van der Waals surface area contributed by atoms with Crippen molar-refractivity contribution in [3.8, 4) is 0 Å². The predicted molar refractivity (Wildman–Crippen MR) is 118 cm³/mol. The van der Waals surface area contributed by atoms with Crippen molar-refractivity contribution in [3.63, 3.8) is 0 Å². The molecule has 0 radical (unpaired) electrons. The lowest BCUT2D eigenvalue weighted by Crippen LogP contribution is -3.11. The lowest BCUT2D eigenvalue weighted by Gasteiger charge is -2.26. The van der Waals surface area contributed by atoms with E-state index in [1.807, 2.05) is 32.0 Å². The highest BCUT2D eigenvalue weighted by atomic mass is 32.2. The molecule has 0 amide bonds. The number of quaternary nitrogens is 1. The van der Waals surface area contributed by atoms with Crippen molar-refractivity contribution in [3.05, 3.63) is 77.4 Å². The number of likely N-dealkylation sites (tertiary alicyclic amines) is 1. The van der Waals surface area contributed by atoms with Gasteiger partial charge in [-0.1, -0.05) is 60.2 Å². The van der Waals surface area contributed by atoms with Crippen LogP contribution in [0.2, 0.25) is 0 Å². The van der Waals surface area contributed by atoms with Gasteiger partial charge in [0.2, 0.25) is 10.0 Å². The first kappa shape index (κ1) is 20.1. The van der Waals surface area contributed by atoms with Gasteiger partial charge in [0, 0.05) is 18.4 Å². The topological polar surface area (TPSA) is 50.6 Å². The smallest absolute Gasteiger partial charge is 0.241 e. The van der Waals surface area contributed by atoms with Gasteiger partial charge in [-0.25, -0.2) is 13.1 Å². The van der Waals surface area contributed by atoms with Crippen LogP contribution in [0.4, 0.5) is 0 Å². The molecule has 0 spiro atoms. The largest absolute Gasteiger partial charge is 0.328 e. The normalized spacial score (nSPS) is 16.3. The summed E-state index contributed by atoms with van der Waals surface area (Å²) in [5.41, 5.74) is 3.08. The zero-order valence-electron chi connectivity index (χ0n) is 17.1. The molecule has 3 aromatic rings. The third-order valence-corrected chi connectivity index (χ3v) is 7.62. The van der Waals surface area contributed by atoms with E-state index in [9.17, 15) is 8.42 Å². The summed E-state index contributed by atoms with van der Waals surface area (Å²) in [4.78, 5) is 1.83. The minimum Gasteiger partial charge on any atom is -0.328 e.